The van der Waals surface area contributed by atoms with Gasteiger partial charge in [0.2, 0.25) is 0 Å². The first-order valence-electron chi connectivity index (χ1n) is 8.42. The van der Waals surface area contributed by atoms with E-state index in [1.807, 2.05) is 20.8 Å². The molecule has 132 valence electrons. The number of nitrogens with zero attached hydrogens (tertiary/aromatic N) is 1. The van der Waals surface area contributed by atoms with Gasteiger partial charge in [-0.2, -0.15) is 0 Å². The summed E-state index contributed by atoms with van der Waals surface area (Å²) in [5.74, 6) is 0.0752. The molecule has 0 unspecified atom stereocenters. The topological polar surface area (TPSA) is 65.1 Å². The Kier molecular flexibility index (Phi) is 5.55. The third-order valence-corrected chi connectivity index (χ3v) is 4.64. The van der Waals surface area contributed by atoms with E-state index in [2.05, 4.69) is 0 Å². The average Bonchev–Trinajstić information content (AvgIpc) is 2.48. The van der Waals surface area contributed by atoms with E-state index in [0.717, 1.165) is 25.7 Å². The van der Waals surface area contributed by atoms with Gasteiger partial charge in [-0.05, 0) is 52.4 Å². The van der Waals surface area contributed by atoms with Crippen LogP contribution in [0.25, 0.3) is 0 Å². The molecule has 1 spiro atoms. The second-order valence-electron chi connectivity index (χ2n) is 7.65. The van der Waals surface area contributed by atoms with Crippen molar-refractivity contribution in [2.24, 2.45) is 5.92 Å². The minimum absolute atomic E-state index is 0.134. The van der Waals surface area contributed by atoms with Crippen LogP contribution in [0.4, 0.5) is 4.79 Å². The molecule has 2 aliphatic rings. The van der Waals surface area contributed by atoms with Crippen molar-refractivity contribution in [3.05, 3.63) is 0 Å². The number of ether oxygens (including phenoxy) is 3. The van der Waals surface area contributed by atoms with Crippen LogP contribution in [0.1, 0.15) is 52.9 Å². The molecule has 2 heterocycles. The minimum atomic E-state index is -0.464. The van der Waals surface area contributed by atoms with Gasteiger partial charge in [0.15, 0.2) is 0 Å². The molecule has 0 saturated carbocycles. The lowest BCUT2D eigenvalue weighted by Gasteiger charge is -2.45. The van der Waals surface area contributed by atoms with E-state index in [1.165, 1.54) is 7.11 Å². The number of methoxy groups -OCH3 is 1. The normalized spacial score (nSPS) is 24.3. The van der Waals surface area contributed by atoms with Gasteiger partial charge in [-0.15, -0.1) is 0 Å². The van der Waals surface area contributed by atoms with Gasteiger partial charge < -0.3 is 19.1 Å². The fourth-order valence-corrected chi connectivity index (χ4v) is 3.21. The zero-order chi connectivity index (χ0) is 17.1. The van der Waals surface area contributed by atoms with Gasteiger partial charge in [0, 0.05) is 13.1 Å². The monoisotopic (exact) mass is 327 g/mol. The summed E-state index contributed by atoms with van der Waals surface area (Å²) in [6.45, 7) is 7.56. The van der Waals surface area contributed by atoms with Gasteiger partial charge in [-0.25, -0.2) is 4.79 Å². The van der Waals surface area contributed by atoms with Crippen LogP contribution in [-0.4, -0.2) is 55.0 Å². The van der Waals surface area contributed by atoms with Crippen molar-refractivity contribution in [3.8, 4) is 0 Å². The summed E-state index contributed by atoms with van der Waals surface area (Å²) in [5.41, 5.74) is -0.597. The largest absolute Gasteiger partial charge is 0.469 e. The number of amides is 1. The maximum atomic E-state index is 12.1. The van der Waals surface area contributed by atoms with Crippen LogP contribution in [0.3, 0.4) is 0 Å². The summed E-state index contributed by atoms with van der Waals surface area (Å²) in [6, 6.07) is 0. The molecular formula is C17H29NO5. The second-order valence-corrected chi connectivity index (χ2v) is 7.65. The standard InChI is InChI=1S/C17H29NO5/c1-16(2,3)23-15(20)18-9-7-17(8-10-18)6-5-13(12-22-17)11-14(19)21-4/h13H,5-12H2,1-4H3/t13-/m1/s1. The molecule has 0 aliphatic carbocycles. The molecule has 0 radical (unpaired) electrons. The van der Waals surface area contributed by atoms with E-state index in [4.69, 9.17) is 14.2 Å². The maximum Gasteiger partial charge on any atom is 0.410 e. The number of likely N-dealkylation sites (tertiary alicyclic amines) is 1. The number of piperidine rings is 1. The number of esters is 1. The molecule has 2 fully saturated rings. The molecule has 2 rings (SSSR count). The zero-order valence-corrected chi connectivity index (χ0v) is 14.7. The van der Waals surface area contributed by atoms with Crippen molar-refractivity contribution in [2.75, 3.05) is 26.8 Å². The molecule has 1 atom stereocenters. The van der Waals surface area contributed by atoms with Crippen LogP contribution in [0.5, 0.6) is 0 Å². The van der Waals surface area contributed by atoms with Gasteiger partial charge in [0.25, 0.3) is 0 Å². The zero-order valence-electron chi connectivity index (χ0n) is 14.7. The highest BCUT2D eigenvalue weighted by Gasteiger charge is 2.41. The van der Waals surface area contributed by atoms with Crippen LogP contribution < -0.4 is 0 Å². The lowest BCUT2D eigenvalue weighted by atomic mass is 9.81. The van der Waals surface area contributed by atoms with Gasteiger partial charge in [-0.1, -0.05) is 0 Å². The van der Waals surface area contributed by atoms with Crippen molar-refractivity contribution < 1.29 is 23.8 Å². The first-order valence-corrected chi connectivity index (χ1v) is 8.42. The molecule has 23 heavy (non-hydrogen) atoms. The molecule has 0 aromatic heterocycles. The molecule has 0 bridgehead atoms. The number of hydrogen-bond acceptors (Lipinski definition) is 5. The number of carbonyl (C=O) groups is 2. The molecule has 6 heteroatoms. The highest BCUT2D eigenvalue weighted by Crippen LogP contribution is 2.37. The number of rotatable bonds is 2. The van der Waals surface area contributed by atoms with Gasteiger partial charge in [0.1, 0.15) is 5.60 Å². The van der Waals surface area contributed by atoms with Gasteiger partial charge in [0.05, 0.1) is 25.7 Å². The number of hydrogen-bond donors (Lipinski definition) is 0. The Morgan fingerprint density at radius 3 is 2.35 bits per heavy atom. The highest BCUT2D eigenvalue weighted by atomic mass is 16.6. The molecule has 2 aliphatic heterocycles. The van der Waals surface area contributed by atoms with E-state index in [1.54, 1.807) is 4.90 Å². The quantitative estimate of drug-likeness (QED) is 0.730. The Morgan fingerprint density at radius 2 is 1.87 bits per heavy atom. The summed E-state index contributed by atoms with van der Waals surface area (Å²) in [7, 11) is 1.42. The first kappa shape index (κ1) is 18.0. The average molecular weight is 327 g/mol. The predicted molar refractivity (Wildman–Crippen MR) is 85.1 cm³/mol. The second kappa shape index (κ2) is 7.07. The summed E-state index contributed by atoms with van der Waals surface area (Å²) in [5, 5.41) is 0. The van der Waals surface area contributed by atoms with Crippen LogP contribution in [-0.2, 0) is 19.0 Å². The molecule has 0 aromatic carbocycles. The van der Waals surface area contributed by atoms with Crippen LogP contribution in [0.15, 0.2) is 0 Å². The first-order chi connectivity index (χ1) is 10.7. The number of carbonyl (C=O) groups excluding carboxylic acids is 2. The molecule has 2 saturated heterocycles. The van der Waals surface area contributed by atoms with Crippen molar-refractivity contribution >= 4 is 12.1 Å². The molecule has 0 N–H and O–H groups in total. The van der Waals surface area contributed by atoms with Crippen molar-refractivity contribution in [1.82, 2.24) is 4.90 Å². The Labute approximate surface area is 138 Å². The van der Waals surface area contributed by atoms with Crippen molar-refractivity contribution in [2.45, 2.75) is 64.1 Å². The van der Waals surface area contributed by atoms with Crippen molar-refractivity contribution in [1.29, 1.82) is 0 Å². The van der Waals surface area contributed by atoms with E-state index < -0.39 is 5.60 Å². The van der Waals surface area contributed by atoms with E-state index in [0.29, 0.717) is 26.1 Å². The Bertz CT molecular complexity index is 425. The molecule has 0 aromatic rings. The Balaban J connectivity index is 1.78. The van der Waals surface area contributed by atoms with E-state index in [-0.39, 0.29) is 23.6 Å². The third kappa shape index (κ3) is 5.09. The van der Waals surface area contributed by atoms with Gasteiger partial charge in [-0.3, -0.25) is 4.79 Å². The smallest absolute Gasteiger partial charge is 0.410 e. The third-order valence-electron chi connectivity index (χ3n) is 4.64. The maximum absolute atomic E-state index is 12.1. The SMILES string of the molecule is COC(=O)C[C@H]1CCC2(CCN(C(=O)OC(C)(C)C)CC2)OC1. The van der Waals surface area contributed by atoms with Crippen LogP contribution >= 0.6 is 0 Å². The fourth-order valence-electron chi connectivity index (χ4n) is 3.21. The molecule has 1 amide bonds. The predicted octanol–water partition coefficient (Wildman–Crippen LogP) is 2.75. The van der Waals surface area contributed by atoms with Gasteiger partial charge >= 0.3 is 12.1 Å². The summed E-state index contributed by atoms with van der Waals surface area (Å²) < 4.78 is 16.2. The van der Waals surface area contributed by atoms with E-state index in [9.17, 15) is 9.59 Å². The molecular weight excluding hydrogens is 298 g/mol. The lowest BCUT2D eigenvalue weighted by molar-refractivity contribution is -0.150. The summed E-state index contributed by atoms with van der Waals surface area (Å²) in [6.07, 6.45) is 3.76. The van der Waals surface area contributed by atoms with Crippen LogP contribution in [0.2, 0.25) is 0 Å². The van der Waals surface area contributed by atoms with Crippen LogP contribution in [0, 0.1) is 5.92 Å². The van der Waals surface area contributed by atoms with Crippen molar-refractivity contribution in [3.63, 3.8) is 0 Å². The minimum Gasteiger partial charge on any atom is -0.469 e. The highest BCUT2D eigenvalue weighted by molar-refractivity contribution is 5.69. The van der Waals surface area contributed by atoms with E-state index >= 15 is 0 Å². The Hall–Kier alpha value is -1.30. The summed E-state index contributed by atoms with van der Waals surface area (Å²) in [4.78, 5) is 25.2. The lowest BCUT2D eigenvalue weighted by Crippen LogP contribution is -2.51. The fraction of sp³-hybridized carbons (Fsp3) is 0.882. The molecule has 6 nitrogen and oxygen atoms in total. The summed E-state index contributed by atoms with van der Waals surface area (Å²) >= 11 is 0. The Morgan fingerprint density at radius 1 is 1.22 bits per heavy atom.